The van der Waals surface area contributed by atoms with Crippen LogP contribution < -0.4 is 4.40 Å². The fourth-order valence-electron chi connectivity index (χ4n) is 5.62. The van der Waals surface area contributed by atoms with E-state index in [2.05, 4.69) is 134 Å². The van der Waals surface area contributed by atoms with Gasteiger partial charge in [-0.15, -0.1) is 23.8 Å². The van der Waals surface area contributed by atoms with Crippen molar-refractivity contribution in [2.75, 3.05) is 0 Å². The molecule has 239 valence electrons. The van der Waals surface area contributed by atoms with Gasteiger partial charge in [0.05, 0.1) is 0 Å². The second-order valence-corrected chi connectivity index (χ2v) is 25.7. The molecule has 3 heterocycles. The molecule has 0 atom stereocenters. The van der Waals surface area contributed by atoms with Crippen LogP contribution in [0.25, 0.3) is 53.8 Å². The fourth-order valence-corrected chi connectivity index (χ4v) is 9.04. The van der Waals surface area contributed by atoms with E-state index < -0.39 is 13.3 Å². The zero-order chi connectivity index (χ0) is 32.3. The molecule has 0 N–H and O–H groups in total. The van der Waals surface area contributed by atoms with Gasteiger partial charge in [-0.1, -0.05) is 80.3 Å². The van der Waals surface area contributed by atoms with Gasteiger partial charge in [0.25, 0.3) is 0 Å². The molecule has 0 unspecified atom stereocenters. The number of hydrogen-bond donors (Lipinski definition) is 0. The number of thiophene rings is 1. The molecule has 0 saturated carbocycles. The van der Waals surface area contributed by atoms with Gasteiger partial charge in [0.15, 0.2) is 0 Å². The Labute approximate surface area is 300 Å². The van der Waals surface area contributed by atoms with Gasteiger partial charge < -0.3 is 4.98 Å². The summed E-state index contributed by atoms with van der Waals surface area (Å²) in [6.07, 6.45) is 5.01. The fraction of sp³-hybridized carbons (Fsp3) is 0.190. The summed E-state index contributed by atoms with van der Waals surface area (Å²) in [5.41, 5.74) is 8.27. The summed E-state index contributed by atoms with van der Waals surface area (Å²) in [5.74, 6) is 7.14. The SMILES string of the molecule is CC(C)(C)Cc1ccnc(-c2[c-]ccc3c2sc2cc(-c4ccccc4)ccc23)c1.[CH3][Ge]([CH3])([CH3])[c]1ccc(-c2[c-]cccc2)nc1.[Ir]. The molecule has 5 heteroatoms. The third kappa shape index (κ3) is 8.55. The number of pyridine rings is 2. The van der Waals surface area contributed by atoms with E-state index in [1.165, 1.54) is 41.3 Å². The maximum atomic E-state index is 4.70. The zero-order valence-electron chi connectivity index (χ0n) is 27.9. The monoisotopic (exact) mass is 871 g/mol. The molecule has 0 fully saturated rings. The van der Waals surface area contributed by atoms with Crippen molar-refractivity contribution in [3.63, 3.8) is 0 Å². The van der Waals surface area contributed by atoms with Crippen molar-refractivity contribution in [2.24, 2.45) is 5.41 Å². The first kappa shape index (κ1) is 34.9. The summed E-state index contributed by atoms with van der Waals surface area (Å²) < 4.78 is 4.01. The van der Waals surface area contributed by atoms with Crippen LogP contribution >= 0.6 is 11.3 Å². The molecular formula is C42H40GeIrN2S-2. The normalized spacial score (nSPS) is 11.5. The van der Waals surface area contributed by atoms with Crippen molar-refractivity contribution in [1.82, 2.24) is 9.97 Å². The summed E-state index contributed by atoms with van der Waals surface area (Å²) in [7, 11) is 0. The molecule has 7 rings (SSSR count). The summed E-state index contributed by atoms with van der Waals surface area (Å²) in [6.45, 7) is 6.82. The Bertz CT molecular complexity index is 2070. The van der Waals surface area contributed by atoms with Gasteiger partial charge in [0.1, 0.15) is 0 Å². The maximum Gasteiger partial charge on any atom is 0 e. The van der Waals surface area contributed by atoms with E-state index >= 15 is 0 Å². The first-order valence-corrected chi connectivity index (χ1v) is 24.0. The van der Waals surface area contributed by atoms with Crippen molar-refractivity contribution in [2.45, 2.75) is 44.5 Å². The number of aromatic nitrogens is 2. The minimum absolute atomic E-state index is 0. The van der Waals surface area contributed by atoms with Crippen molar-refractivity contribution >= 4 is 49.2 Å². The molecule has 0 aliphatic heterocycles. The van der Waals surface area contributed by atoms with E-state index in [0.29, 0.717) is 0 Å². The van der Waals surface area contributed by atoms with Crippen LogP contribution in [-0.2, 0) is 26.5 Å². The molecule has 0 bridgehead atoms. The van der Waals surface area contributed by atoms with Crippen molar-refractivity contribution in [3.05, 3.63) is 139 Å². The molecule has 47 heavy (non-hydrogen) atoms. The van der Waals surface area contributed by atoms with Gasteiger partial charge in [-0.3, -0.25) is 0 Å². The average Bonchev–Trinajstić information content (AvgIpc) is 3.43. The van der Waals surface area contributed by atoms with Gasteiger partial charge in [0, 0.05) is 31.0 Å². The number of fused-ring (bicyclic) bond motifs is 3. The average molecular weight is 870 g/mol. The Morgan fingerprint density at radius 3 is 2.17 bits per heavy atom. The Morgan fingerprint density at radius 2 is 1.49 bits per heavy atom. The van der Waals surface area contributed by atoms with E-state index in [4.69, 9.17) is 4.98 Å². The van der Waals surface area contributed by atoms with Gasteiger partial charge in [-0.25, -0.2) is 0 Å². The van der Waals surface area contributed by atoms with Crippen LogP contribution in [0.5, 0.6) is 0 Å². The Morgan fingerprint density at radius 1 is 0.702 bits per heavy atom. The number of hydrogen-bond acceptors (Lipinski definition) is 3. The summed E-state index contributed by atoms with van der Waals surface area (Å²) in [5, 5.41) is 2.59. The molecule has 0 spiro atoms. The summed E-state index contributed by atoms with van der Waals surface area (Å²) >= 11 is 0.124. The molecule has 7 aromatic rings. The Hall–Kier alpha value is -3.41. The van der Waals surface area contributed by atoms with E-state index in [-0.39, 0.29) is 25.5 Å². The third-order valence-electron chi connectivity index (χ3n) is 7.97. The van der Waals surface area contributed by atoms with Crippen LogP contribution in [0.3, 0.4) is 0 Å². The van der Waals surface area contributed by atoms with Crippen molar-refractivity contribution < 1.29 is 20.1 Å². The van der Waals surface area contributed by atoms with Crippen LogP contribution in [0, 0.1) is 17.5 Å². The smallest absolute Gasteiger partial charge is 0 e. The largest absolute Gasteiger partial charge is 0 e. The topological polar surface area (TPSA) is 25.8 Å². The quantitative estimate of drug-likeness (QED) is 0.127. The second kappa shape index (κ2) is 14.8. The van der Waals surface area contributed by atoms with Gasteiger partial charge >= 0.3 is 99.8 Å². The Balaban J connectivity index is 0.000000217. The molecule has 0 aliphatic rings. The standard InChI is InChI=1S/C28H24NS.C14H16GeN.Ir/c1-28(2,3)18-19-14-15-29-25(16-19)24-11-7-10-23-22-13-12-21(17-26(22)30-27(23)24)20-8-5-4-6-9-20;1-15(2,3)13-9-10-14(16-11-13)12-7-5-4-6-8-12;/h4-10,12-17H,18H2,1-3H3;4-7,9-11H,1-3H3;/q2*-1;. The first-order valence-electron chi connectivity index (χ1n) is 15.9. The maximum absolute atomic E-state index is 4.70. The van der Waals surface area contributed by atoms with Crippen LogP contribution in [0.2, 0.25) is 17.3 Å². The molecule has 0 aliphatic carbocycles. The van der Waals surface area contributed by atoms with E-state index in [1.54, 1.807) is 0 Å². The zero-order valence-corrected chi connectivity index (χ0v) is 33.2. The van der Waals surface area contributed by atoms with Crippen LogP contribution in [0.15, 0.2) is 122 Å². The predicted octanol–water partition coefficient (Wildman–Crippen LogP) is 11.3. The molecule has 4 aromatic carbocycles. The van der Waals surface area contributed by atoms with Gasteiger partial charge in [0.2, 0.25) is 0 Å². The van der Waals surface area contributed by atoms with Gasteiger partial charge in [-0.2, -0.15) is 11.3 Å². The summed E-state index contributed by atoms with van der Waals surface area (Å²) in [6, 6.07) is 44.9. The number of nitrogens with zero attached hydrogens (tertiary/aromatic N) is 2. The van der Waals surface area contributed by atoms with Gasteiger partial charge in [-0.05, 0) is 50.9 Å². The van der Waals surface area contributed by atoms with E-state index in [0.717, 1.165) is 28.9 Å². The number of benzene rings is 4. The molecule has 1 radical (unpaired) electrons. The molecule has 0 saturated heterocycles. The van der Waals surface area contributed by atoms with Crippen LogP contribution in [-0.4, -0.2) is 23.2 Å². The molecule has 3 aromatic heterocycles. The van der Waals surface area contributed by atoms with Crippen molar-refractivity contribution in [1.29, 1.82) is 0 Å². The molecular weight excluding hydrogens is 829 g/mol. The minimum atomic E-state index is -1.72. The first-order chi connectivity index (χ1) is 22.0. The van der Waals surface area contributed by atoms with Crippen LogP contribution in [0.4, 0.5) is 0 Å². The van der Waals surface area contributed by atoms with Crippen molar-refractivity contribution in [3.8, 4) is 33.6 Å². The Kier molecular flexibility index (Phi) is 11.0. The third-order valence-corrected chi connectivity index (χ3v) is 13.4. The second-order valence-electron chi connectivity index (χ2n) is 14.0. The van der Waals surface area contributed by atoms with E-state index in [1.807, 2.05) is 54.1 Å². The number of rotatable bonds is 5. The molecule has 0 amide bonds. The van der Waals surface area contributed by atoms with Crippen LogP contribution in [0.1, 0.15) is 26.3 Å². The summed E-state index contributed by atoms with van der Waals surface area (Å²) in [4.78, 5) is 9.23. The minimum Gasteiger partial charge on any atom is 0 e. The predicted molar refractivity (Wildman–Crippen MR) is 201 cm³/mol. The van der Waals surface area contributed by atoms with E-state index in [9.17, 15) is 0 Å². The molecule has 2 nitrogen and oxygen atoms in total.